The molecule has 0 saturated carbocycles. The molecule has 14 heteroatoms. The number of halogens is 4. The Bertz CT molecular complexity index is 2250. The van der Waals surface area contributed by atoms with Crippen LogP contribution in [0, 0.1) is 6.92 Å². The van der Waals surface area contributed by atoms with Gasteiger partial charge in [0.05, 0.1) is 34.9 Å². The average Bonchev–Trinajstić information content (AvgIpc) is 3.74. The van der Waals surface area contributed by atoms with E-state index in [1.807, 2.05) is 31.2 Å². The number of amides is 1. The summed E-state index contributed by atoms with van der Waals surface area (Å²) in [4.78, 5) is 32.2. The first-order valence-corrected chi connectivity index (χ1v) is 16.9. The molecule has 2 fully saturated rings. The summed E-state index contributed by atoms with van der Waals surface area (Å²) in [5.41, 5.74) is 4.89. The number of methoxy groups -OCH3 is 1. The maximum absolute atomic E-state index is 13.7. The third-order valence-electron chi connectivity index (χ3n) is 9.78. The molecule has 1 amide bonds. The number of aromatic nitrogens is 4. The normalized spacial score (nSPS) is 15.9. The first kappa shape index (κ1) is 34.4. The summed E-state index contributed by atoms with van der Waals surface area (Å²) < 4.78 is 47.7. The summed E-state index contributed by atoms with van der Waals surface area (Å²) in [6.45, 7) is 3.77. The van der Waals surface area contributed by atoms with E-state index in [0.29, 0.717) is 27.8 Å². The highest BCUT2D eigenvalue weighted by Gasteiger charge is 2.42. The Morgan fingerprint density at radius 3 is 2.41 bits per heavy atom. The molecule has 1 spiro atoms. The number of nitrogens with one attached hydrogen (secondary N) is 3. The molecular weight excluding hydrogens is 683 g/mol. The Kier molecular flexibility index (Phi) is 8.96. The van der Waals surface area contributed by atoms with Crippen LogP contribution < -0.4 is 26.2 Å². The Hall–Kier alpha value is -5.01. The Morgan fingerprint density at radius 2 is 1.75 bits per heavy atom. The fraction of sp³-hybridized carbons (Fsp3) is 0.324. The predicted octanol–water partition coefficient (Wildman–Crippen LogP) is 6.52. The summed E-state index contributed by atoms with van der Waals surface area (Å²) in [6, 6.07) is 13.9. The van der Waals surface area contributed by atoms with Crippen LogP contribution in [0.3, 0.4) is 0 Å². The summed E-state index contributed by atoms with van der Waals surface area (Å²) in [6.07, 6.45) is 1.17. The lowest BCUT2D eigenvalue weighted by molar-refractivity contribution is -0.141. The minimum atomic E-state index is -4.72. The number of hydrogen-bond donors (Lipinski definition) is 3. The summed E-state index contributed by atoms with van der Waals surface area (Å²) in [5, 5.41) is 13.5. The third-order valence-corrected chi connectivity index (χ3v) is 10.2. The number of hydrogen-bond acceptors (Lipinski definition) is 8. The molecule has 2 saturated heterocycles. The van der Waals surface area contributed by atoms with Crippen LogP contribution in [0.4, 0.5) is 24.7 Å². The van der Waals surface area contributed by atoms with E-state index in [4.69, 9.17) is 21.3 Å². The molecule has 5 heterocycles. The molecule has 2 aromatic carbocycles. The highest BCUT2D eigenvalue weighted by Crippen LogP contribution is 2.41. The molecule has 5 aromatic rings. The quantitative estimate of drug-likeness (QED) is 0.188. The number of aryl methyl sites for hydroxylation is 2. The van der Waals surface area contributed by atoms with Crippen LogP contribution in [-0.4, -0.2) is 51.4 Å². The minimum absolute atomic E-state index is 0.00182. The van der Waals surface area contributed by atoms with Crippen molar-refractivity contribution >= 4 is 39.8 Å². The van der Waals surface area contributed by atoms with Gasteiger partial charge < -0.3 is 20.7 Å². The minimum Gasteiger partial charge on any atom is -0.481 e. The van der Waals surface area contributed by atoms with Gasteiger partial charge in [-0.2, -0.15) is 18.3 Å². The number of ether oxygens (including phenoxy) is 1. The Morgan fingerprint density at radius 1 is 1.00 bits per heavy atom. The van der Waals surface area contributed by atoms with Gasteiger partial charge in [0.2, 0.25) is 11.8 Å². The molecule has 264 valence electrons. The highest BCUT2D eigenvalue weighted by molar-refractivity contribution is 6.36. The molecule has 0 radical (unpaired) electrons. The monoisotopic (exact) mass is 717 g/mol. The van der Waals surface area contributed by atoms with E-state index in [-0.39, 0.29) is 28.0 Å². The van der Waals surface area contributed by atoms with E-state index in [0.717, 1.165) is 78.2 Å². The topological polar surface area (TPSA) is 123 Å². The van der Waals surface area contributed by atoms with Gasteiger partial charge in [0.1, 0.15) is 11.5 Å². The van der Waals surface area contributed by atoms with Gasteiger partial charge in [0.25, 0.3) is 5.56 Å². The zero-order valence-corrected chi connectivity index (χ0v) is 28.9. The van der Waals surface area contributed by atoms with Crippen molar-refractivity contribution < 1.29 is 22.7 Å². The molecule has 2 aliphatic heterocycles. The van der Waals surface area contributed by atoms with Crippen LogP contribution in [0.2, 0.25) is 5.02 Å². The Balaban J connectivity index is 0.000000389. The lowest BCUT2D eigenvalue weighted by atomic mass is 9.91. The zero-order valence-electron chi connectivity index (χ0n) is 28.2. The van der Waals surface area contributed by atoms with Crippen molar-refractivity contribution in [2.45, 2.75) is 50.7 Å². The molecule has 3 N–H and O–H groups in total. The lowest BCUT2D eigenvalue weighted by Crippen LogP contribution is -2.65. The van der Waals surface area contributed by atoms with Gasteiger partial charge in [-0.05, 0) is 67.5 Å². The molecular formula is C37H35ClF3N7O3. The SMILES string of the molecule is COc1nc(-c2cccc(-c3cccc(Nc4nc(C(F)(F)F)cc5cnn(C)c(=O)c45)c3C)c2Cl)cc2c1CCC2.O=C1CCC2(CNC2)N1. The number of rotatable bonds is 5. The summed E-state index contributed by atoms with van der Waals surface area (Å²) in [7, 11) is 3.04. The Labute approximate surface area is 296 Å². The fourth-order valence-electron chi connectivity index (χ4n) is 6.94. The van der Waals surface area contributed by atoms with Gasteiger partial charge in [-0.15, -0.1) is 0 Å². The molecule has 8 rings (SSSR count). The highest BCUT2D eigenvalue weighted by atomic mass is 35.5. The smallest absolute Gasteiger partial charge is 0.433 e. The number of alkyl halides is 3. The van der Waals surface area contributed by atoms with E-state index >= 15 is 0 Å². The summed E-state index contributed by atoms with van der Waals surface area (Å²) in [5.74, 6) is 0.611. The number of pyridine rings is 2. The van der Waals surface area contributed by atoms with E-state index < -0.39 is 17.4 Å². The molecule has 3 aliphatic rings. The first-order chi connectivity index (χ1) is 24.4. The van der Waals surface area contributed by atoms with Crippen LogP contribution in [0.25, 0.3) is 33.2 Å². The van der Waals surface area contributed by atoms with Gasteiger partial charge in [-0.3, -0.25) is 9.59 Å². The molecule has 51 heavy (non-hydrogen) atoms. The van der Waals surface area contributed by atoms with Crippen molar-refractivity contribution in [1.82, 2.24) is 30.4 Å². The largest absolute Gasteiger partial charge is 0.481 e. The molecule has 0 bridgehead atoms. The second-order valence-corrected chi connectivity index (χ2v) is 13.5. The molecule has 3 aromatic heterocycles. The van der Waals surface area contributed by atoms with Crippen LogP contribution in [-0.2, 0) is 30.9 Å². The zero-order chi connectivity index (χ0) is 36.1. The van der Waals surface area contributed by atoms with Gasteiger partial charge in [0.15, 0.2) is 0 Å². The number of carbonyl (C=O) groups is 1. The maximum atomic E-state index is 13.7. The van der Waals surface area contributed by atoms with Crippen LogP contribution in [0.1, 0.15) is 41.6 Å². The van der Waals surface area contributed by atoms with Crippen molar-refractivity contribution in [3.05, 3.63) is 92.5 Å². The van der Waals surface area contributed by atoms with Crippen molar-refractivity contribution in [2.75, 3.05) is 25.5 Å². The van der Waals surface area contributed by atoms with Crippen molar-refractivity contribution in [3.8, 4) is 28.3 Å². The predicted molar refractivity (Wildman–Crippen MR) is 189 cm³/mol. The maximum Gasteiger partial charge on any atom is 0.433 e. The van der Waals surface area contributed by atoms with E-state index in [1.54, 1.807) is 19.2 Å². The second-order valence-electron chi connectivity index (χ2n) is 13.1. The van der Waals surface area contributed by atoms with Crippen LogP contribution in [0.5, 0.6) is 5.88 Å². The molecule has 0 unspecified atom stereocenters. The number of anilines is 2. The molecule has 0 atom stereocenters. The fourth-order valence-corrected chi connectivity index (χ4v) is 7.26. The van der Waals surface area contributed by atoms with Crippen LogP contribution >= 0.6 is 11.6 Å². The van der Waals surface area contributed by atoms with Gasteiger partial charge >= 0.3 is 6.18 Å². The van der Waals surface area contributed by atoms with Crippen LogP contribution in [0.15, 0.2) is 59.5 Å². The van der Waals surface area contributed by atoms with Gasteiger partial charge in [-0.25, -0.2) is 14.6 Å². The van der Waals surface area contributed by atoms with E-state index in [9.17, 15) is 22.8 Å². The standard InChI is InChI=1S/C31H25ClF3N5O2.C6H10N2O/c1-16-19(21-10-5-11-22(27(21)32)24-13-17-7-4-9-20(17)29(38-24)42-3)8-6-12-23(16)37-28-26-18(15-36-40(2)30(26)41)14-25(39-28)31(33,34)35;9-5-1-2-6(8-5)3-7-4-6/h5-6,8,10-15H,4,7,9H2,1-3H3,(H,37,39);7H,1-4H2,(H,8,9). The third kappa shape index (κ3) is 6.51. The number of benzene rings is 2. The van der Waals surface area contributed by atoms with E-state index in [2.05, 4.69) is 32.1 Å². The van der Waals surface area contributed by atoms with Crippen molar-refractivity contribution in [2.24, 2.45) is 7.05 Å². The first-order valence-electron chi connectivity index (χ1n) is 16.6. The van der Waals surface area contributed by atoms with Crippen molar-refractivity contribution in [1.29, 1.82) is 0 Å². The molecule has 10 nitrogen and oxygen atoms in total. The van der Waals surface area contributed by atoms with Gasteiger partial charge in [0, 0.05) is 54.3 Å². The number of carbonyl (C=O) groups excluding carboxylic acids is 1. The number of nitrogens with zero attached hydrogens (tertiary/aromatic N) is 4. The second kappa shape index (κ2) is 13.3. The van der Waals surface area contributed by atoms with E-state index in [1.165, 1.54) is 18.8 Å². The van der Waals surface area contributed by atoms with Gasteiger partial charge in [-0.1, -0.05) is 41.9 Å². The molecule has 1 aliphatic carbocycles. The average molecular weight is 718 g/mol. The summed E-state index contributed by atoms with van der Waals surface area (Å²) >= 11 is 7.01. The van der Waals surface area contributed by atoms with Crippen molar-refractivity contribution in [3.63, 3.8) is 0 Å². The lowest BCUT2D eigenvalue weighted by Gasteiger charge is -2.38. The number of fused-ring (bicyclic) bond motifs is 2.